The molecule has 1 atom stereocenters. The van der Waals surface area contributed by atoms with Gasteiger partial charge >= 0.3 is 0 Å². The Labute approximate surface area is 137 Å². The van der Waals surface area contributed by atoms with Crippen molar-refractivity contribution in [3.63, 3.8) is 0 Å². The minimum Gasteiger partial charge on any atom is -0.345 e. The summed E-state index contributed by atoms with van der Waals surface area (Å²) in [6, 6.07) is 7.65. The SMILES string of the molecule is CSCCC(NC(=O)Cn1cnnn1)c1nc2ccccc2[nH]1. The van der Waals surface area contributed by atoms with Gasteiger partial charge in [0.2, 0.25) is 5.91 Å². The van der Waals surface area contributed by atoms with Gasteiger partial charge in [0, 0.05) is 0 Å². The van der Waals surface area contributed by atoms with Crippen molar-refractivity contribution in [3.05, 3.63) is 36.4 Å². The van der Waals surface area contributed by atoms with Crippen LogP contribution >= 0.6 is 11.8 Å². The van der Waals surface area contributed by atoms with E-state index in [2.05, 4.69) is 30.8 Å². The number of nitrogens with zero attached hydrogens (tertiary/aromatic N) is 5. The summed E-state index contributed by atoms with van der Waals surface area (Å²) < 4.78 is 1.39. The van der Waals surface area contributed by atoms with Crippen molar-refractivity contribution >= 4 is 28.7 Å². The number of benzene rings is 1. The van der Waals surface area contributed by atoms with Gasteiger partial charge in [0.25, 0.3) is 0 Å². The van der Waals surface area contributed by atoms with E-state index in [1.807, 2.05) is 30.5 Å². The van der Waals surface area contributed by atoms with Crippen LogP contribution in [0.25, 0.3) is 11.0 Å². The monoisotopic (exact) mass is 331 g/mol. The van der Waals surface area contributed by atoms with Gasteiger partial charge in [0.05, 0.1) is 17.1 Å². The van der Waals surface area contributed by atoms with Gasteiger partial charge in [-0.15, -0.1) is 5.10 Å². The summed E-state index contributed by atoms with van der Waals surface area (Å²) in [4.78, 5) is 20.1. The minimum atomic E-state index is -0.168. The number of aromatic amines is 1. The Balaban J connectivity index is 1.75. The van der Waals surface area contributed by atoms with Crippen LogP contribution in [0.1, 0.15) is 18.3 Å². The molecule has 2 N–H and O–H groups in total. The van der Waals surface area contributed by atoms with Gasteiger partial charge in [-0.3, -0.25) is 4.79 Å². The van der Waals surface area contributed by atoms with E-state index in [-0.39, 0.29) is 18.5 Å². The molecule has 3 aromatic rings. The molecule has 0 aliphatic heterocycles. The van der Waals surface area contributed by atoms with Crippen LogP contribution in [-0.2, 0) is 11.3 Å². The average Bonchev–Trinajstić information content (AvgIpc) is 3.20. The number of hydrogen-bond acceptors (Lipinski definition) is 6. The van der Waals surface area contributed by atoms with Crippen molar-refractivity contribution in [2.75, 3.05) is 12.0 Å². The number of amides is 1. The molecule has 8 nitrogen and oxygen atoms in total. The quantitative estimate of drug-likeness (QED) is 0.674. The number of nitrogens with one attached hydrogen (secondary N) is 2. The molecule has 0 saturated carbocycles. The molecule has 120 valence electrons. The van der Waals surface area contributed by atoms with Gasteiger partial charge in [-0.1, -0.05) is 12.1 Å². The highest BCUT2D eigenvalue weighted by Gasteiger charge is 2.18. The second kappa shape index (κ2) is 7.23. The third kappa shape index (κ3) is 3.86. The van der Waals surface area contributed by atoms with Gasteiger partial charge in [0.1, 0.15) is 18.7 Å². The van der Waals surface area contributed by atoms with Crippen molar-refractivity contribution in [2.45, 2.75) is 19.0 Å². The van der Waals surface area contributed by atoms with Crippen LogP contribution in [0.5, 0.6) is 0 Å². The summed E-state index contributed by atoms with van der Waals surface area (Å²) in [6.07, 6.45) is 4.25. The van der Waals surface area contributed by atoms with Crippen LogP contribution in [0, 0.1) is 0 Å². The second-order valence-electron chi connectivity index (χ2n) is 5.05. The van der Waals surface area contributed by atoms with Crippen molar-refractivity contribution in [1.82, 2.24) is 35.5 Å². The maximum absolute atomic E-state index is 12.2. The second-order valence-corrected chi connectivity index (χ2v) is 6.03. The first-order chi connectivity index (χ1) is 11.3. The minimum absolute atomic E-state index is 0.0863. The van der Waals surface area contributed by atoms with Gasteiger partial charge < -0.3 is 10.3 Å². The van der Waals surface area contributed by atoms with E-state index < -0.39 is 0 Å². The number of fused-ring (bicyclic) bond motifs is 1. The fourth-order valence-electron chi connectivity index (χ4n) is 2.29. The van der Waals surface area contributed by atoms with Crippen LogP contribution in [0.3, 0.4) is 0 Å². The summed E-state index contributed by atoms with van der Waals surface area (Å²) in [5.41, 5.74) is 1.86. The molecule has 1 aromatic carbocycles. The van der Waals surface area contributed by atoms with E-state index in [0.29, 0.717) is 0 Å². The summed E-state index contributed by atoms with van der Waals surface area (Å²) >= 11 is 1.73. The number of rotatable bonds is 7. The van der Waals surface area contributed by atoms with Crippen LogP contribution < -0.4 is 5.32 Å². The van der Waals surface area contributed by atoms with Crippen molar-refractivity contribution in [3.8, 4) is 0 Å². The largest absolute Gasteiger partial charge is 0.345 e. The maximum Gasteiger partial charge on any atom is 0.242 e. The topological polar surface area (TPSA) is 101 Å². The number of thioether (sulfide) groups is 1. The summed E-state index contributed by atoms with van der Waals surface area (Å²) in [6.45, 7) is 0.0863. The zero-order valence-electron chi connectivity index (χ0n) is 12.6. The van der Waals surface area contributed by atoms with Crippen molar-refractivity contribution < 1.29 is 4.79 Å². The number of carbonyl (C=O) groups excluding carboxylic acids is 1. The Bertz CT molecular complexity index is 737. The van der Waals surface area contributed by atoms with Crippen LogP contribution in [0.15, 0.2) is 30.6 Å². The van der Waals surface area contributed by atoms with E-state index in [4.69, 9.17) is 0 Å². The summed E-state index contributed by atoms with van der Waals surface area (Å²) in [5, 5.41) is 13.7. The molecule has 2 heterocycles. The summed E-state index contributed by atoms with van der Waals surface area (Å²) in [7, 11) is 0. The third-order valence-corrected chi connectivity index (χ3v) is 4.02. The van der Waals surface area contributed by atoms with E-state index in [0.717, 1.165) is 29.0 Å². The molecular formula is C14H17N7OS. The third-order valence-electron chi connectivity index (χ3n) is 3.38. The van der Waals surface area contributed by atoms with E-state index >= 15 is 0 Å². The Morgan fingerprint density at radius 3 is 3.04 bits per heavy atom. The lowest BCUT2D eigenvalue weighted by Crippen LogP contribution is -2.32. The van der Waals surface area contributed by atoms with E-state index in [1.54, 1.807) is 11.8 Å². The Morgan fingerprint density at radius 2 is 2.30 bits per heavy atom. The van der Waals surface area contributed by atoms with Crippen LogP contribution in [0.4, 0.5) is 0 Å². The number of H-pyrrole nitrogens is 1. The highest BCUT2D eigenvalue weighted by atomic mass is 32.2. The predicted molar refractivity (Wildman–Crippen MR) is 87.8 cm³/mol. The number of hydrogen-bond donors (Lipinski definition) is 2. The lowest BCUT2D eigenvalue weighted by atomic mass is 10.2. The van der Waals surface area contributed by atoms with Gasteiger partial charge in [-0.2, -0.15) is 11.8 Å². The standard InChI is InChI=1S/C14H17N7OS/c1-23-7-6-12(16-13(22)8-21-9-15-19-20-21)14-17-10-4-2-3-5-11(10)18-14/h2-5,9,12H,6-8H2,1H3,(H,16,22)(H,17,18). The van der Waals surface area contributed by atoms with Crippen molar-refractivity contribution in [1.29, 1.82) is 0 Å². The molecule has 9 heteroatoms. The number of carbonyl (C=O) groups is 1. The molecular weight excluding hydrogens is 314 g/mol. The Morgan fingerprint density at radius 1 is 1.43 bits per heavy atom. The molecule has 0 aliphatic carbocycles. The first-order valence-corrected chi connectivity index (χ1v) is 8.59. The molecule has 0 aliphatic rings. The molecule has 3 rings (SSSR count). The lowest BCUT2D eigenvalue weighted by Gasteiger charge is -2.16. The number of para-hydroxylation sites is 2. The van der Waals surface area contributed by atoms with Gasteiger partial charge in [-0.05, 0) is 41.0 Å². The smallest absolute Gasteiger partial charge is 0.242 e. The number of imidazole rings is 1. The van der Waals surface area contributed by atoms with Crippen molar-refractivity contribution in [2.24, 2.45) is 0 Å². The molecule has 2 aromatic heterocycles. The van der Waals surface area contributed by atoms with Gasteiger partial charge in [-0.25, -0.2) is 9.67 Å². The van der Waals surface area contributed by atoms with Crippen LogP contribution in [0.2, 0.25) is 0 Å². The normalized spacial score (nSPS) is 12.4. The molecule has 0 bridgehead atoms. The lowest BCUT2D eigenvalue weighted by molar-refractivity contribution is -0.122. The molecule has 0 spiro atoms. The first kappa shape index (κ1) is 15.5. The average molecular weight is 331 g/mol. The van der Waals surface area contributed by atoms with E-state index in [9.17, 15) is 4.79 Å². The fourth-order valence-corrected chi connectivity index (χ4v) is 2.76. The number of aromatic nitrogens is 6. The highest BCUT2D eigenvalue weighted by molar-refractivity contribution is 7.98. The van der Waals surface area contributed by atoms with E-state index in [1.165, 1.54) is 11.0 Å². The maximum atomic E-state index is 12.2. The predicted octanol–water partition coefficient (Wildman–Crippen LogP) is 1.16. The molecule has 23 heavy (non-hydrogen) atoms. The zero-order chi connectivity index (χ0) is 16.1. The Hall–Kier alpha value is -2.42. The summed E-state index contributed by atoms with van der Waals surface area (Å²) in [5.74, 6) is 1.54. The fraction of sp³-hybridized carbons (Fsp3) is 0.357. The van der Waals surface area contributed by atoms with Gasteiger partial charge in [0.15, 0.2) is 0 Å². The zero-order valence-corrected chi connectivity index (χ0v) is 13.5. The molecule has 1 unspecified atom stereocenters. The highest BCUT2D eigenvalue weighted by Crippen LogP contribution is 2.20. The molecule has 0 fully saturated rings. The van der Waals surface area contributed by atoms with Crippen LogP contribution in [-0.4, -0.2) is 48.1 Å². The molecule has 0 saturated heterocycles. The number of tetrazole rings is 1. The Kier molecular flexibility index (Phi) is 4.86. The first-order valence-electron chi connectivity index (χ1n) is 7.20. The molecule has 1 amide bonds. The molecule has 0 radical (unpaired) electrons.